The molecular weight excluding hydrogens is 190 g/mol. The maximum atomic E-state index is 11.7. The maximum Gasteiger partial charge on any atom is 0.251 e. The number of amides is 1. The zero-order chi connectivity index (χ0) is 10.8. The van der Waals surface area contributed by atoms with E-state index in [0.29, 0.717) is 23.0 Å². The highest BCUT2D eigenvalue weighted by atomic mass is 16.1. The highest BCUT2D eigenvalue weighted by Crippen LogP contribution is 2.20. The summed E-state index contributed by atoms with van der Waals surface area (Å²) < 4.78 is 0. The van der Waals surface area contributed by atoms with Gasteiger partial charge in [0, 0.05) is 11.6 Å². The molecule has 0 atom stereocenters. The number of nitrogens with one attached hydrogen (secondary N) is 1. The second-order valence-electron chi connectivity index (χ2n) is 3.94. The van der Waals surface area contributed by atoms with Crippen molar-refractivity contribution in [2.75, 3.05) is 11.5 Å². The van der Waals surface area contributed by atoms with Crippen LogP contribution in [0.15, 0.2) is 18.2 Å². The molecule has 5 N–H and O–H groups in total. The molecule has 0 saturated heterocycles. The van der Waals surface area contributed by atoms with Crippen molar-refractivity contribution in [3.8, 4) is 0 Å². The summed E-state index contributed by atoms with van der Waals surface area (Å²) in [7, 11) is 0. The monoisotopic (exact) mass is 205 g/mol. The number of nitrogens with two attached hydrogens (primary N) is 2. The maximum absolute atomic E-state index is 11.7. The Kier molecular flexibility index (Phi) is 2.49. The Morgan fingerprint density at radius 1 is 1.27 bits per heavy atom. The largest absolute Gasteiger partial charge is 0.397 e. The number of carbonyl (C=O) groups is 1. The van der Waals surface area contributed by atoms with Crippen LogP contribution in [0.25, 0.3) is 0 Å². The lowest BCUT2D eigenvalue weighted by Gasteiger charge is -2.26. The zero-order valence-electron chi connectivity index (χ0n) is 8.49. The average molecular weight is 205 g/mol. The van der Waals surface area contributed by atoms with E-state index in [4.69, 9.17) is 11.5 Å². The van der Waals surface area contributed by atoms with Crippen LogP contribution < -0.4 is 16.8 Å². The Labute approximate surface area is 88.6 Å². The summed E-state index contributed by atoms with van der Waals surface area (Å²) in [4.78, 5) is 11.7. The van der Waals surface area contributed by atoms with Crippen molar-refractivity contribution >= 4 is 17.3 Å². The number of hydrogen-bond acceptors (Lipinski definition) is 3. The zero-order valence-corrected chi connectivity index (χ0v) is 8.49. The van der Waals surface area contributed by atoms with E-state index in [2.05, 4.69) is 5.32 Å². The topological polar surface area (TPSA) is 81.1 Å². The summed E-state index contributed by atoms with van der Waals surface area (Å²) in [5, 5.41) is 2.94. The van der Waals surface area contributed by atoms with E-state index in [1.807, 2.05) is 0 Å². The summed E-state index contributed by atoms with van der Waals surface area (Å²) in [6, 6.07) is 5.31. The van der Waals surface area contributed by atoms with Crippen molar-refractivity contribution in [2.45, 2.75) is 25.3 Å². The number of benzene rings is 1. The highest BCUT2D eigenvalue weighted by Gasteiger charge is 2.20. The SMILES string of the molecule is Nc1ccc(C(=O)NC2CCC2)cc1N. The Hall–Kier alpha value is -1.71. The fourth-order valence-electron chi connectivity index (χ4n) is 1.54. The van der Waals surface area contributed by atoms with Crippen molar-refractivity contribution < 1.29 is 4.79 Å². The van der Waals surface area contributed by atoms with Crippen LogP contribution in [0.4, 0.5) is 11.4 Å². The lowest BCUT2D eigenvalue weighted by Crippen LogP contribution is -2.39. The Balaban J connectivity index is 2.07. The van der Waals surface area contributed by atoms with E-state index >= 15 is 0 Å². The van der Waals surface area contributed by atoms with E-state index in [1.165, 1.54) is 6.42 Å². The van der Waals surface area contributed by atoms with Crippen LogP contribution in [0, 0.1) is 0 Å². The number of carbonyl (C=O) groups excluding carboxylic acids is 1. The first-order chi connectivity index (χ1) is 7.16. The Morgan fingerprint density at radius 3 is 2.53 bits per heavy atom. The summed E-state index contributed by atoms with van der Waals surface area (Å²) in [6.07, 6.45) is 3.36. The van der Waals surface area contributed by atoms with Gasteiger partial charge in [-0.1, -0.05) is 0 Å². The summed E-state index contributed by atoms with van der Waals surface area (Å²) in [5.74, 6) is -0.0635. The van der Waals surface area contributed by atoms with Gasteiger partial charge in [0.25, 0.3) is 5.91 Å². The molecule has 0 radical (unpaired) electrons. The van der Waals surface area contributed by atoms with Crippen molar-refractivity contribution in [3.05, 3.63) is 23.8 Å². The third-order valence-electron chi connectivity index (χ3n) is 2.79. The van der Waals surface area contributed by atoms with Gasteiger partial charge in [-0.05, 0) is 37.5 Å². The predicted molar refractivity (Wildman–Crippen MR) is 60.4 cm³/mol. The average Bonchev–Trinajstić information content (AvgIpc) is 2.15. The van der Waals surface area contributed by atoms with Crippen LogP contribution in [-0.2, 0) is 0 Å². The summed E-state index contributed by atoms with van der Waals surface area (Å²) in [6.45, 7) is 0. The molecule has 0 heterocycles. The molecule has 1 saturated carbocycles. The quantitative estimate of drug-likeness (QED) is 0.633. The number of anilines is 2. The third kappa shape index (κ3) is 2.03. The van der Waals surface area contributed by atoms with Crippen molar-refractivity contribution in [1.29, 1.82) is 0 Å². The van der Waals surface area contributed by atoms with Gasteiger partial charge in [-0.2, -0.15) is 0 Å². The standard InChI is InChI=1S/C11H15N3O/c12-9-5-4-7(6-10(9)13)11(15)14-8-2-1-3-8/h4-6,8H,1-3,12-13H2,(H,14,15). The first-order valence-electron chi connectivity index (χ1n) is 5.12. The van der Waals surface area contributed by atoms with Gasteiger partial charge in [0.2, 0.25) is 0 Å². The molecule has 1 aliphatic rings. The van der Waals surface area contributed by atoms with Gasteiger partial charge in [0.15, 0.2) is 0 Å². The van der Waals surface area contributed by atoms with Crippen LogP contribution >= 0.6 is 0 Å². The highest BCUT2D eigenvalue weighted by molar-refractivity contribution is 5.96. The van der Waals surface area contributed by atoms with Crippen LogP contribution in [0.1, 0.15) is 29.6 Å². The fraction of sp³-hybridized carbons (Fsp3) is 0.364. The van der Waals surface area contributed by atoms with E-state index < -0.39 is 0 Å². The third-order valence-corrected chi connectivity index (χ3v) is 2.79. The van der Waals surface area contributed by atoms with E-state index in [9.17, 15) is 4.79 Å². The lowest BCUT2D eigenvalue weighted by molar-refractivity contribution is 0.0917. The van der Waals surface area contributed by atoms with Crippen molar-refractivity contribution in [1.82, 2.24) is 5.32 Å². The second-order valence-corrected chi connectivity index (χ2v) is 3.94. The van der Waals surface area contributed by atoms with Crippen LogP contribution in [-0.4, -0.2) is 11.9 Å². The molecule has 1 fully saturated rings. The lowest BCUT2D eigenvalue weighted by atomic mass is 9.93. The van der Waals surface area contributed by atoms with Crippen molar-refractivity contribution in [3.63, 3.8) is 0 Å². The Bertz CT molecular complexity index is 385. The first kappa shape index (κ1) is 9.83. The van der Waals surface area contributed by atoms with Crippen LogP contribution in [0.3, 0.4) is 0 Å². The number of rotatable bonds is 2. The predicted octanol–water partition coefficient (Wildman–Crippen LogP) is 1.13. The number of hydrogen-bond donors (Lipinski definition) is 3. The molecule has 0 spiro atoms. The van der Waals surface area contributed by atoms with Crippen molar-refractivity contribution in [2.24, 2.45) is 0 Å². The van der Waals surface area contributed by atoms with Crippen LogP contribution in [0.5, 0.6) is 0 Å². The smallest absolute Gasteiger partial charge is 0.251 e. The molecule has 0 aliphatic heterocycles. The first-order valence-corrected chi connectivity index (χ1v) is 5.12. The molecule has 1 aromatic carbocycles. The molecule has 0 aromatic heterocycles. The van der Waals surface area contributed by atoms with Gasteiger partial charge in [-0.3, -0.25) is 4.79 Å². The normalized spacial score (nSPS) is 15.7. The van der Waals surface area contributed by atoms with E-state index in [1.54, 1.807) is 18.2 Å². The molecule has 15 heavy (non-hydrogen) atoms. The van der Waals surface area contributed by atoms with Crippen LogP contribution in [0.2, 0.25) is 0 Å². The molecule has 80 valence electrons. The van der Waals surface area contributed by atoms with E-state index in [-0.39, 0.29) is 5.91 Å². The molecule has 1 aliphatic carbocycles. The van der Waals surface area contributed by atoms with E-state index in [0.717, 1.165) is 12.8 Å². The second kappa shape index (κ2) is 3.81. The molecule has 4 nitrogen and oxygen atoms in total. The van der Waals surface area contributed by atoms with Gasteiger partial charge >= 0.3 is 0 Å². The minimum absolute atomic E-state index is 0.0635. The minimum Gasteiger partial charge on any atom is -0.397 e. The molecule has 1 aromatic rings. The molecule has 1 amide bonds. The van der Waals surface area contributed by atoms with Gasteiger partial charge in [0.1, 0.15) is 0 Å². The summed E-state index contributed by atoms with van der Waals surface area (Å²) >= 11 is 0. The number of nitrogen functional groups attached to an aromatic ring is 2. The molecule has 4 heteroatoms. The molecular formula is C11H15N3O. The Morgan fingerprint density at radius 2 is 2.00 bits per heavy atom. The molecule has 2 rings (SSSR count). The summed E-state index contributed by atoms with van der Waals surface area (Å²) in [5.41, 5.74) is 12.7. The van der Waals surface area contributed by atoms with Gasteiger partial charge in [-0.25, -0.2) is 0 Å². The molecule has 0 unspecified atom stereocenters. The van der Waals surface area contributed by atoms with Gasteiger partial charge in [-0.15, -0.1) is 0 Å². The van der Waals surface area contributed by atoms with Gasteiger partial charge < -0.3 is 16.8 Å². The minimum atomic E-state index is -0.0635. The van der Waals surface area contributed by atoms with Gasteiger partial charge in [0.05, 0.1) is 11.4 Å². The molecule has 0 bridgehead atoms. The fourth-order valence-corrected chi connectivity index (χ4v) is 1.54.